The van der Waals surface area contributed by atoms with E-state index in [9.17, 15) is 17.6 Å². The van der Waals surface area contributed by atoms with Crippen molar-refractivity contribution in [3.63, 3.8) is 0 Å². The summed E-state index contributed by atoms with van der Waals surface area (Å²) in [6.45, 7) is -1.18. The minimum Gasteiger partial charge on any atom is -0.493 e. The maximum Gasteiger partial charge on any atom is 0.419 e. The number of aliphatic hydroxyl groups excluding tert-OH is 2. The van der Waals surface area contributed by atoms with Crippen LogP contribution >= 0.6 is 12.4 Å². The van der Waals surface area contributed by atoms with Gasteiger partial charge in [-0.15, -0.1) is 12.4 Å². The Hall–Kier alpha value is -1.09. The number of alkyl halides is 4. The van der Waals surface area contributed by atoms with E-state index >= 15 is 0 Å². The van der Waals surface area contributed by atoms with E-state index in [1.165, 1.54) is 12.1 Å². The maximum atomic E-state index is 13.3. The third kappa shape index (κ3) is 9.10. The molecule has 0 spiro atoms. The third-order valence-electron chi connectivity index (χ3n) is 4.18. The fraction of sp³-hybridized carbons (Fsp3) is 0.667. The monoisotopic (exact) mass is 417 g/mol. The molecule has 0 fully saturated rings. The van der Waals surface area contributed by atoms with Gasteiger partial charge in [0.05, 0.1) is 37.6 Å². The van der Waals surface area contributed by atoms with E-state index in [1.807, 2.05) is 0 Å². The van der Waals surface area contributed by atoms with E-state index in [-0.39, 0.29) is 37.6 Å². The standard InChI is InChI=1S/C18H27F4NO3.ClH/c19-9-3-1-2-4-10-26-16-6-5-14(11-15(16)18(20,21)22)7-8-17(23,12-24)13-25;/h5-6,11,24-25H,1-4,7-10,12-13,23H2;1H. The summed E-state index contributed by atoms with van der Waals surface area (Å²) in [4.78, 5) is 0. The number of benzene rings is 1. The topological polar surface area (TPSA) is 75.7 Å². The lowest BCUT2D eigenvalue weighted by Crippen LogP contribution is -2.47. The Kier molecular flexibility index (Phi) is 11.9. The van der Waals surface area contributed by atoms with Gasteiger partial charge in [0.1, 0.15) is 5.75 Å². The molecule has 0 saturated carbocycles. The van der Waals surface area contributed by atoms with Crippen molar-refractivity contribution < 1.29 is 32.5 Å². The molecule has 0 saturated heterocycles. The Labute approximate surface area is 163 Å². The Balaban J connectivity index is 0.00000676. The molecule has 1 aromatic carbocycles. The number of rotatable bonds is 12. The summed E-state index contributed by atoms with van der Waals surface area (Å²) in [6, 6.07) is 3.80. The molecular weight excluding hydrogens is 390 g/mol. The highest BCUT2D eigenvalue weighted by Gasteiger charge is 2.35. The van der Waals surface area contributed by atoms with Gasteiger partial charge in [-0.1, -0.05) is 12.5 Å². The lowest BCUT2D eigenvalue weighted by atomic mass is 9.93. The highest BCUT2D eigenvalue weighted by molar-refractivity contribution is 5.85. The van der Waals surface area contributed by atoms with E-state index in [0.717, 1.165) is 6.07 Å². The summed E-state index contributed by atoms with van der Waals surface area (Å²) in [7, 11) is 0. The second-order valence-electron chi connectivity index (χ2n) is 6.46. The normalized spacial score (nSPS) is 12.0. The average molecular weight is 418 g/mol. The zero-order chi connectivity index (χ0) is 19.6. The Morgan fingerprint density at radius 1 is 1.00 bits per heavy atom. The van der Waals surface area contributed by atoms with Crippen LogP contribution in [0.15, 0.2) is 18.2 Å². The molecule has 0 aliphatic carbocycles. The number of nitrogens with two attached hydrogens (primary N) is 1. The molecule has 0 aliphatic rings. The summed E-state index contributed by atoms with van der Waals surface area (Å²) in [5.41, 5.74) is 4.04. The fourth-order valence-corrected chi connectivity index (χ4v) is 2.41. The van der Waals surface area contributed by atoms with Crippen molar-refractivity contribution in [1.29, 1.82) is 0 Å². The molecule has 9 heteroatoms. The van der Waals surface area contributed by atoms with Crippen molar-refractivity contribution in [2.75, 3.05) is 26.5 Å². The van der Waals surface area contributed by atoms with Crippen LogP contribution in [0.4, 0.5) is 17.6 Å². The maximum absolute atomic E-state index is 13.3. The molecular formula is C18H28ClF4NO3. The molecule has 0 heterocycles. The molecule has 0 aromatic heterocycles. The number of aliphatic hydroxyl groups is 2. The molecule has 0 atom stereocenters. The zero-order valence-corrected chi connectivity index (χ0v) is 15.9. The van der Waals surface area contributed by atoms with Gasteiger partial charge in [-0.2, -0.15) is 13.2 Å². The van der Waals surface area contributed by atoms with Crippen LogP contribution in [0.2, 0.25) is 0 Å². The van der Waals surface area contributed by atoms with Crippen LogP contribution < -0.4 is 10.5 Å². The lowest BCUT2D eigenvalue weighted by molar-refractivity contribution is -0.139. The van der Waals surface area contributed by atoms with E-state index in [2.05, 4.69) is 0 Å². The van der Waals surface area contributed by atoms with Crippen LogP contribution in [-0.2, 0) is 12.6 Å². The highest BCUT2D eigenvalue weighted by Crippen LogP contribution is 2.37. The molecule has 0 bridgehead atoms. The second-order valence-corrected chi connectivity index (χ2v) is 6.46. The van der Waals surface area contributed by atoms with Crippen molar-refractivity contribution in [3.8, 4) is 5.75 Å². The van der Waals surface area contributed by atoms with Crippen molar-refractivity contribution in [2.24, 2.45) is 5.73 Å². The van der Waals surface area contributed by atoms with Crippen LogP contribution in [0.25, 0.3) is 0 Å². The van der Waals surface area contributed by atoms with Crippen molar-refractivity contribution >= 4 is 12.4 Å². The van der Waals surface area contributed by atoms with Crippen molar-refractivity contribution in [1.82, 2.24) is 0 Å². The first kappa shape index (κ1) is 25.9. The first-order chi connectivity index (χ1) is 12.3. The number of unbranched alkanes of at least 4 members (excludes halogenated alkanes) is 3. The van der Waals surface area contributed by atoms with Crippen LogP contribution in [0.5, 0.6) is 5.75 Å². The number of hydrogen-bond donors (Lipinski definition) is 3. The summed E-state index contributed by atoms with van der Waals surface area (Å²) in [5.74, 6) is -0.241. The smallest absolute Gasteiger partial charge is 0.419 e. The van der Waals surface area contributed by atoms with Crippen molar-refractivity contribution in [2.45, 2.75) is 50.2 Å². The largest absolute Gasteiger partial charge is 0.493 e. The molecule has 1 rings (SSSR count). The number of hydrogen-bond acceptors (Lipinski definition) is 4. The van der Waals surface area contributed by atoms with Crippen LogP contribution in [0, 0.1) is 0 Å². The second kappa shape index (κ2) is 12.4. The van der Waals surface area contributed by atoms with Gasteiger partial charge in [0.15, 0.2) is 0 Å². The number of aryl methyl sites for hydroxylation is 1. The third-order valence-corrected chi connectivity index (χ3v) is 4.18. The van der Waals surface area contributed by atoms with Gasteiger partial charge in [0.25, 0.3) is 0 Å². The zero-order valence-electron chi connectivity index (χ0n) is 15.1. The van der Waals surface area contributed by atoms with Gasteiger partial charge < -0.3 is 20.7 Å². The number of halogens is 5. The van der Waals surface area contributed by atoms with E-state index in [0.29, 0.717) is 31.2 Å². The highest BCUT2D eigenvalue weighted by atomic mass is 35.5. The minimum absolute atomic E-state index is 0. The Bertz CT molecular complexity index is 540. The quantitative estimate of drug-likeness (QED) is 0.358. The van der Waals surface area contributed by atoms with Gasteiger partial charge >= 0.3 is 6.18 Å². The van der Waals surface area contributed by atoms with E-state index in [1.54, 1.807) is 0 Å². The Morgan fingerprint density at radius 3 is 2.19 bits per heavy atom. The van der Waals surface area contributed by atoms with Gasteiger partial charge in [-0.25, -0.2) is 0 Å². The Morgan fingerprint density at radius 2 is 1.63 bits per heavy atom. The predicted octanol–water partition coefficient (Wildman–Crippen LogP) is 3.65. The van der Waals surface area contributed by atoms with Gasteiger partial charge in [0.2, 0.25) is 0 Å². The van der Waals surface area contributed by atoms with E-state index < -0.39 is 37.2 Å². The fourth-order valence-electron chi connectivity index (χ4n) is 2.41. The molecule has 4 nitrogen and oxygen atoms in total. The summed E-state index contributed by atoms with van der Waals surface area (Å²) < 4.78 is 57.1. The molecule has 1 aromatic rings. The van der Waals surface area contributed by atoms with Gasteiger partial charge in [-0.3, -0.25) is 4.39 Å². The molecule has 4 N–H and O–H groups in total. The molecule has 158 valence electrons. The summed E-state index contributed by atoms with van der Waals surface area (Å²) in [6.07, 6.45) is -1.84. The van der Waals surface area contributed by atoms with Crippen LogP contribution in [0.3, 0.4) is 0 Å². The summed E-state index contributed by atoms with van der Waals surface area (Å²) in [5, 5.41) is 18.3. The van der Waals surface area contributed by atoms with Crippen LogP contribution in [0.1, 0.15) is 43.2 Å². The van der Waals surface area contributed by atoms with Crippen LogP contribution in [-0.4, -0.2) is 42.2 Å². The minimum atomic E-state index is -4.56. The van der Waals surface area contributed by atoms with Gasteiger partial charge in [-0.05, 0) is 49.8 Å². The lowest BCUT2D eigenvalue weighted by Gasteiger charge is -2.24. The predicted molar refractivity (Wildman–Crippen MR) is 98.0 cm³/mol. The van der Waals surface area contributed by atoms with Gasteiger partial charge in [0, 0.05) is 0 Å². The SMILES string of the molecule is Cl.NC(CO)(CO)CCc1ccc(OCCCCCCF)c(C(F)(F)F)c1. The average Bonchev–Trinajstić information content (AvgIpc) is 2.62. The summed E-state index contributed by atoms with van der Waals surface area (Å²) >= 11 is 0. The van der Waals surface area contributed by atoms with Crippen molar-refractivity contribution in [3.05, 3.63) is 29.3 Å². The molecule has 27 heavy (non-hydrogen) atoms. The number of ether oxygens (including phenoxy) is 1. The molecule has 0 unspecified atom stereocenters. The molecule has 0 amide bonds. The first-order valence-corrected chi connectivity index (χ1v) is 8.65. The van der Waals surface area contributed by atoms with E-state index in [4.69, 9.17) is 20.7 Å². The molecule has 0 aliphatic heterocycles. The first-order valence-electron chi connectivity index (χ1n) is 8.65. The molecule has 0 radical (unpaired) electrons.